The summed E-state index contributed by atoms with van der Waals surface area (Å²) in [7, 11) is 3.94. The quantitative estimate of drug-likeness (QED) is 0.880. The van der Waals surface area contributed by atoms with Gasteiger partial charge in [-0.15, -0.1) is 24.8 Å². The van der Waals surface area contributed by atoms with E-state index in [1.54, 1.807) is 12.1 Å². The van der Waals surface area contributed by atoms with Crippen molar-refractivity contribution in [2.75, 3.05) is 32.5 Å². The van der Waals surface area contributed by atoms with Crippen molar-refractivity contribution >= 4 is 47.9 Å². The van der Waals surface area contributed by atoms with Gasteiger partial charge in [0.25, 0.3) is 6.01 Å². The van der Waals surface area contributed by atoms with Crippen molar-refractivity contribution in [3.63, 3.8) is 0 Å². The molecule has 0 spiro atoms. The Labute approximate surface area is 129 Å². The van der Waals surface area contributed by atoms with Crippen LogP contribution in [0, 0.1) is 0 Å². The predicted octanol–water partition coefficient (Wildman–Crippen LogP) is 2.34. The number of carbonyl (C=O) groups is 1. The van der Waals surface area contributed by atoms with Gasteiger partial charge in [0.15, 0.2) is 5.58 Å². The Balaban J connectivity index is 0.00000180. The van der Waals surface area contributed by atoms with Crippen LogP contribution in [0.2, 0.25) is 0 Å². The predicted molar refractivity (Wildman–Crippen MR) is 82.5 cm³/mol. The molecule has 6 nitrogen and oxygen atoms in total. The van der Waals surface area contributed by atoms with Gasteiger partial charge in [-0.25, -0.2) is 4.79 Å². The Hall–Kier alpha value is -1.50. The first-order valence-electron chi connectivity index (χ1n) is 5.59. The number of likely N-dealkylation sites (N-methyl/N-ethyl adjacent to an activating group) is 1. The average molecular weight is 322 g/mol. The van der Waals surface area contributed by atoms with Crippen LogP contribution < -0.4 is 5.32 Å². The zero-order valence-electron chi connectivity index (χ0n) is 11.1. The minimum Gasteiger partial charge on any atom is -0.478 e. The number of nitrogens with zero attached hydrogens (tertiary/aromatic N) is 2. The highest BCUT2D eigenvalue weighted by Gasteiger charge is 2.13. The van der Waals surface area contributed by atoms with Crippen LogP contribution in [-0.4, -0.2) is 48.1 Å². The summed E-state index contributed by atoms with van der Waals surface area (Å²) in [5, 5.41) is 12.1. The van der Waals surface area contributed by atoms with Gasteiger partial charge in [-0.3, -0.25) is 0 Å². The molecule has 0 fully saturated rings. The standard InChI is InChI=1S/C12H15N3O3.2ClH/c1-15(2)7-6-13-12-14-10-8(11(16)17)4-3-5-9(10)18-12;;/h3-5H,6-7H2,1-2H3,(H,13,14)(H,16,17);2*1H. The number of hydrogen-bond donors (Lipinski definition) is 2. The molecule has 0 aliphatic carbocycles. The molecule has 0 aliphatic heterocycles. The Kier molecular flexibility index (Phi) is 7.34. The van der Waals surface area contributed by atoms with Crippen molar-refractivity contribution in [2.45, 2.75) is 0 Å². The number of oxazole rings is 1. The third-order valence-electron chi connectivity index (χ3n) is 2.48. The highest BCUT2D eigenvalue weighted by Crippen LogP contribution is 2.22. The molecule has 0 unspecified atom stereocenters. The second-order valence-electron chi connectivity index (χ2n) is 4.21. The number of hydrogen-bond acceptors (Lipinski definition) is 5. The molecule has 1 aromatic carbocycles. The zero-order chi connectivity index (χ0) is 13.1. The fourth-order valence-corrected chi connectivity index (χ4v) is 1.58. The largest absolute Gasteiger partial charge is 0.478 e. The van der Waals surface area contributed by atoms with Crippen LogP contribution in [0.5, 0.6) is 0 Å². The summed E-state index contributed by atoms with van der Waals surface area (Å²) >= 11 is 0. The summed E-state index contributed by atoms with van der Waals surface area (Å²) in [6.07, 6.45) is 0. The SMILES string of the molecule is CN(C)CCNc1nc2c(C(=O)O)cccc2o1.Cl.Cl. The number of fused-ring (bicyclic) bond motifs is 1. The van der Waals surface area contributed by atoms with E-state index >= 15 is 0 Å². The van der Waals surface area contributed by atoms with E-state index in [1.807, 2.05) is 19.0 Å². The molecule has 8 heteroatoms. The molecule has 0 bridgehead atoms. The van der Waals surface area contributed by atoms with Crippen molar-refractivity contribution in [3.05, 3.63) is 23.8 Å². The van der Waals surface area contributed by atoms with E-state index in [0.717, 1.165) is 6.54 Å². The van der Waals surface area contributed by atoms with Crippen molar-refractivity contribution in [3.8, 4) is 0 Å². The molecule has 0 saturated carbocycles. The highest BCUT2D eigenvalue weighted by atomic mass is 35.5. The molecule has 0 saturated heterocycles. The molecular formula is C12H17Cl2N3O3. The minimum atomic E-state index is -1.01. The number of carboxylic acid groups (broad SMARTS) is 1. The first-order valence-corrected chi connectivity index (χ1v) is 5.59. The molecule has 20 heavy (non-hydrogen) atoms. The molecule has 0 aliphatic rings. The van der Waals surface area contributed by atoms with Crippen molar-refractivity contribution in [1.29, 1.82) is 0 Å². The maximum absolute atomic E-state index is 11.0. The topological polar surface area (TPSA) is 78.6 Å². The monoisotopic (exact) mass is 321 g/mol. The van der Waals surface area contributed by atoms with E-state index < -0.39 is 5.97 Å². The number of halogens is 2. The molecule has 1 aromatic heterocycles. The maximum atomic E-state index is 11.0. The summed E-state index contributed by atoms with van der Waals surface area (Å²) in [6, 6.07) is 5.20. The van der Waals surface area contributed by atoms with E-state index in [9.17, 15) is 4.79 Å². The van der Waals surface area contributed by atoms with Crippen LogP contribution in [0.1, 0.15) is 10.4 Å². The zero-order valence-corrected chi connectivity index (χ0v) is 12.8. The van der Waals surface area contributed by atoms with Crippen LogP contribution in [0.3, 0.4) is 0 Å². The molecule has 2 aromatic rings. The number of aromatic carboxylic acids is 1. The summed E-state index contributed by atoms with van der Waals surface area (Å²) < 4.78 is 5.44. The van der Waals surface area contributed by atoms with Crippen LogP contribution in [0.15, 0.2) is 22.6 Å². The Morgan fingerprint density at radius 1 is 1.40 bits per heavy atom. The van der Waals surface area contributed by atoms with Gasteiger partial charge in [0.1, 0.15) is 5.52 Å². The minimum absolute atomic E-state index is 0. The lowest BCUT2D eigenvalue weighted by atomic mass is 10.2. The van der Waals surface area contributed by atoms with Gasteiger partial charge in [0.05, 0.1) is 5.56 Å². The summed E-state index contributed by atoms with van der Waals surface area (Å²) in [6.45, 7) is 1.52. The van der Waals surface area contributed by atoms with E-state index in [0.29, 0.717) is 23.7 Å². The number of nitrogens with one attached hydrogen (secondary N) is 1. The van der Waals surface area contributed by atoms with Gasteiger partial charge < -0.3 is 19.7 Å². The van der Waals surface area contributed by atoms with Crippen LogP contribution in [0.25, 0.3) is 11.1 Å². The van der Waals surface area contributed by atoms with Gasteiger partial charge in [0.2, 0.25) is 0 Å². The second kappa shape index (κ2) is 7.94. The van der Waals surface area contributed by atoms with Gasteiger partial charge in [-0.05, 0) is 26.2 Å². The number of aromatic nitrogens is 1. The van der Waals surface area contributed by atoms with Crippen LogP contribution >= 0.6 is 24.8 Å². The molecule has 2 rings (SSSR count). The van der Waals surface area contributed by atoms with Gasteiger partial charge >= 0.3 is 5.97 Å². The molecule has 1 heterocycles. The highest BCUT2D eigenvalue weighted by molar-refractivity contribution is 6.00. The Bertz CT molecular complexity index is 572. The number of rotatable bonds is 5. The Morgan fingerprint density at radius 3 is 2.70 bits per heavy atom. The lowest BCUT2D eigenvalue weighted by Gasteiger charge is -2.08. The average Bonchev–Trinajstić information content (AvgIpc) is 2.70. The number of carboxylic acids is 1. The summed E-state index contributed by atoms with van der Waals surface area (Å²) in [4.78, 5) is 17.2. The van der Waals surface area contributed by atoms with Gasteiger partial charge in [0, 0.05) is 13.1 Å². The maximum Gasteiger partial charge on any atom is 0.338 e. The summed E-state index contributed by atoms with van der Waals surface area (Å²) in [5.74, 6) is -1.01. The molecule has 112 valence electrons. The van der Waals surface area contributed by atoms with Crippen LogP contribution in [-0.2, 0) is 0 Å². The van der Waals surface area contributed by atoms with Gasteiger partial charge in [-0.2, -0.15) is 4.98 Å². The first kappa shape index (κ1) is 18.5. The lowest BCUT2D eigenvalue weighted by Crippen LogP contribution is -2.20. The fourth-order valence-electron chi connectivity index (χ4n) is 1.58. The van der Waals surface area contributed by atoms with E-state index in [4.69, 9.17) is 9.52 Å². The molecule has 0 amide bonds. The lowest BCUT2D eigenvalue weighted by molar-refractivity contribution is 0.0699. The Morgan fingerprint density at radius 2 is 2.10 bits per heavy atom. The number of anilines is 1. The number of benzene rings is 1. The first-order chi connectivity index (χ1) is 8.58. The van der Waals surface area contributed by atoms with E-state index in [-0.39, 0.29) is 30.4 Å². The third kappa shape index (κ3) is 4.26. The van der Waals surface area contributed by atoms with E-state index in [2.05, 4.69) is 10.3 Å². The molecule has 0 radical (unpaired) electrons. The van der Waals surface area contributed by atoms with Crippen molar-refractivity contribution < 1.29 is 14.3 Å². The fraction of sp³-hybridized carbons (Fsp3) is 0.333. The summed E-state index contributed by atoms with van der Waals surface area (Å²) in [5.41, 5.74) is 0.997. The van der Waals surface area contributed by atoms with Gasteiger partial charge in [-0.1, -0.05) is 6.07 Å². The number of para-hydroxylation sites is 1. The second-order valence-corrected chi connectivity index (χ2v) is 4.21. The molecular weight excluding hydrogens is 305 g/mol. The van der Waals surface area contributed by atoms with E-state index in [1.165, 1.54) is 6.07 Å². The van der Waals surface area contributed by atoms with Crippen molar-refractivity contribution in [2.24, 2.45) is 0 Å². The normalized spacial score (nSPS) is 9.95. The molecule has 2 N–H and O–H groups in total. The van der Waals surface area contributed by atoms with Crippen LogP contribution in [0.4, 0.5) is 6.01 Å². The van der Waals surface area contributed by atoms with Crippen molar-refractivity contribution in [1.82, 2.24) is 9.88 Å². The smallest absolute Gasteiger partial charge is 0.338 e. The third-order valence-corrected chi connectivity index (χ3v) is 2.48. The molecule has 0 atom stereocenters.